The topological polar surface area (TPSA) is 49.9 Å². The van der Waals surface area contributed by atoms with E-state index in [4.69, 9.17) is 11.1 Å². The Kier molecular flexibility index (Phi) is 3.46. The highest BCUT2D eigenvalue weighted by Gasteiger charge is 2.24. The second-order valence-corrected chi connectivity index (χ2v) is 6.39. The van der Waals surface area contributed by atoms with Gasteiger partial charge in [-0.1, -0.05) is 43.3 Å². The molecule has 2 aromatic carbocycles. The van der Waals surface area contributed by atoms with Gasteiger partial charge >= 0.3 is 0 Å². The van der Waals surface area contributed by atoms with E-state index in [1.54, 1.807) is 0 Å². The smallest absolute Gasteiger partial charge is 0.0543 e. The molecule has 0 fully saturated rings. The number of nitrogens with one attached hydrogen (secondary N) is 1. The van der Waals surface area contributed by atoms with Crippen molar-refractivity contribution in [2.45, 2.75) is 19.8 Å². The summed E-state index contributed by atoms with van der Waals surface area (Å²) in [5.41, 5.74) is 16.1. The molecule has 2 aliphatic rings. The monoisotopic (exact) mass is 312 g/mol. The van der Waals surface area contributed by atoms with Crippen molar-refractivity contribution < 1.29 is 0 Å². The second kappa shape index (κ2) is 5.64. The zero-order valence-corrected chi connectivity index (χ0v) is 13.8. The molecule has 0 unspecified atom stereocenters. The highest BCUT2D eigenvalue weighted by atomic mass is 14.5. The number of hydrogen-bond donors (Lipinski definition) is 2. The number of benzene rings is 2. The Bertz CT molecular complexity index is 925. The molecular weight excluding hydrogens is 292 g/mol. The average molecular weight is 312 g/mol. The van der Waals surface area contributed by atoms with Crippen LogP contribution in [0.15, 0.2) is 71.8 Å². The standard InChI is InChI=1S/C22H20N2/c1-2-14-3-5-15(6-4-14)22-20-9-7-18(23)12-16(20)11-17-13-19(24)8-10-21(17)22/h3-10,12-13,23H,2,11,24H2,1H3. The number of anilines is 1. The van der Waals surface area contributed by atoms with E-state index in [0.29, 0.717) is 5.71 Å². The number of nitrogen functional groups attached to an aromatic ring is 1. The van der Waals surface area contributed by atoms with E-state index in [1.165, 1.54) is 39.0 Å². The van der Waals surface area contributed by atoms with Crippen LogP contribution in [0.25, 0.3) is 5.57 Å². The average Bonchev–Trinajstić information content (AvgIpc) is 2.59. The van der Waals surface area contributed by atoms with Crippen molar-refractivity contribution in [3.8, 4) is 0 Å². The molecule has 0 spiro atoms. The van der Waals surface area contributed by atoms with Gasteiger partial charge in [-0.2, -0.15) is 0 Å². The van der Waals surface area contributed by atoms with Crippen LogP contribution in [0.3, 0.4) is 0 Å². The van der Waals surface area contributed by atoms with Crippen molar-refractivity contribution in [1.29, 1.82) is 5.41 Å². The van der Waals surface area contributed by atoms with Crippen LogP contribution in [0.5, 0.6) is 0 Å². The predicted molar refractivity (Wildman–Crippen MR) is 101 cm³/mol. The highest BCUT2D eigenvalue weighted by Crippen LogP contribution is 2.41. The lowest BCUT2D eigenvalue weighted by Crippen LogP contribution is -2.12. The summed E-state index contributed by atoms with van der Waals surface area (Å²) < 4.78 is 0. The Balaban J connectivity index is 1.97. The number of nitrogens with two attached hydrogens (primary N) is 1. The highest BCUT2D eigenvalue weighted by molar-refractivity contribution is 6.07. The van der Waals surface area contributed by atoms with Crippen LogP contribution in [0.4, 0.5) is 5.69 Å². The number of fused-ring (bicyclic) bond motifs is 2. The molecule has 0 aromatic heterocycles. The van der Waals surface area contributed by atoms with E-state index in [-0.39, 0.29) is 0 Å². The van der Waals surface area contributed by atoms with Gasteiger partial charge in [0.05, 0.1) is 5.71 Å². The summed E-state index contributed by atoms with van der Waals surface area (Å²) in [7, 11) is 0. The van der Waals surface area contributed by atoms with Crippen LogP contribution in [0.1, 0.15) is 29.2 Å². The largest absolute Gasteiger partial charge is 0.399 e. The third-order valence-electron chi connectivity index (χ3n) is 4.80. The molecule has 0 bridgehead atoms. The van der Waals surface area contributed by atoms with Crippen LogP contribution in [0.2, 0.25) is 0 Å². The Morgan fingerprint density at radius 3 is 2.58 bits per heavy atom. The maximum Gasteiger partial charge on any atom is 0.0543 e. The first-order valence-electron chi connectivity index (χ1n) is 8.35. The Morgan fingerprint density at radius 2 is 1.83 bits per heavy atom. The van der Waals surface area contributed by atoms with E-state index in [9.17, 15) is 0 Å². The first-order chi connectivity index (χ1) is 11.7. The van der Waals surface area contributed by atoms with Gasteiger partial charge in [0, 0.05) is 5.69 Å². The minimum Gasteiger partial charge on any atom is -0.399 e. The zero-order valence-electron chi connectivity index (χ0n) is 13.8. The number of allylic oxidation sites excluding steroid dienone is 5. The van der Waals surface area contributed by atoms with Crippen LogP contribution in [-0.4, -0.2) is 5.71 Å². The van der Waals surface area contributed by atoms with E-state index in [1.807, 2.05) is 18.2 Å². The fourth-order valence-corrected chi connectivity index (χ4v) is 3.56. The van der Waals surface area contributed by atoms with Gasteiger partial charge in [-0.05, 0) is 76.1 Å². The maximum absolute atomic E-state index is 7.95. The molecule has 4 rings (SSSR count). The molecule has 3 N–H and O–H groups in total. The number of hydrogen-bond acceptors (Lipinski definition) is 2. The molecule has 0 aliphatic heterocycles. The summed E-state index contributed by atoms with van der Waals surface area (Å²) in [6, 6.07) is 15.0. The maximum atomic E-state index is 7.95. The minimum atomic E-state index is 0.557. The van der Waals surface area contributed by atoms with Crippen LogP contribution >= 0.6 is 0 Å². The Labute approximate surface area is 142 Å². The molecule has 2 nitrogen and oxygen atoms in total. The van der Waals surface area contributed by atoms with Crippen LogP contribution < -0.4 is 5.73 Å². The van der Waals surface area contributed by atoms with E-state index >= 15 is 0 Å². The van der Waals surface area contributed by atoms with Crippen molar-refractivity contribution in [2.24, 2.45) is 0 Å². The Hall–Kier alpha value is -2.87. The number of aryl methyl sites for hydroxylation is 1. The van der Waals surface area contributed by atoms with E-state index in [2.05, 4.69) is 49.4 Å². The molecule has 2 aromatic rings. The van der Waals surface area contributed by atoms with Crippen molar-refractivity contribution in [2.75, 3.05) is 5.73 Å². The van der Waals surface area contributed by atoms with Gasteiger partial charge < -0.3 is 11.1 Å². The van der Waals surface area contributed by atoms with Gasteiger partial charge in [-0.3, -0.25) is 0 Å². The van der Waals surface area contributed by atoms with Gasteiger partial charge in [-0.25, -0.2) is 0 Å². The zero-order chi connectivity index (χ0) is 16.7. The molecule has 0 atom stereocenters. The van der Waals surface area contributed by atoms with Crippen molar-refractivity contribution >= 4 is 17.0 Å². The molecule has 2 heteroatoms. The molecule has 24 heavy (non-hydrogen) atoms. The van der Waals surface area contributed by atoms with E-state index in [0.717, 1.165) is 18.5 Å². The summed E-state index contributed by atoms with van der Waals surface area (Å²) in [6.07, 6.45) is 7.81. The van der Waals surface area contributed by atoms with Crippen molar-refractivity contribution in [3.63, 3.8) is 0 Å². The lowest BCUT2D eigenvalue weighted by molar-refractivity contribution is 1.12. The molecule has 0 saturated heterocycles. The molecule has 0 radical (unpaired) electrons. The van der Waals surface area contributed by atoms with Gasteiger partial charge in [0.1, 0.15) is 0 Å². The van der Waals surface area contributed by atoms with Gasteiger partial charge in [0.2, 0.25) is 0 Å². The molecule has 0 heterocycles. The summed E-state index contributed by atoms with van der Waals surface area (Å²) in [4.78, 5) is 0. The third kappa shape index (κ3) is 2.41. The summed E-state index contributed by atoms with van der Waals surface area (Å²) in [5, 5.41) is 7.95. The lowest BCUT2D eigenvalue weighted by Gasteiger charge is -2.27. The molecule has 118 valence electrons. The normalized spacial score (nSPS) is 15.9. The van der Waals surface area contributed by atoms with Gasteiger partial charge in [0.25, 0.3) is 0 Å². The fraction of sp³-hybridized carbons (Fsp3) is 0.136. The number of rotatable bonds is 2. The molecule has 2 aliphatic carbocycles. The molecule has 0 amide bonds. The van der Waals surface area contributed by atoms with Crippen LogP contribution in [0, 0.1) is 5.41 Å². The minimum absolute atomic E-state index is 0.557. The SMILES string of the molecule is CCc1ccc(C2=C3C=CC(=N)C=C3Cc3cc(N)ccc32)cc1. The molecule has 0 saturated carbocycles. The van der Waals surface area contributed by atoms with Gasteiger partial charge in [-0.15, -0.1) is 0 Å². The summed E-state index contributed by atoms with van der Waals surface area (Å²) in [5.74, 6) is 0. The first-order valence-corrected chi connectivity index (χ1v) is 8.35. The van der Waals surface area contributed by atoms with Gasteiger partial charge in [0.15, 0.2) is 0 Å². The summed E-state index contributed by atoms with van der Waals surface area (Å²) in [6.45, 7) is 2.17. The fourth-order valence-electron chi connectivity index (χ4n) is 3.56. The van der Waals surface area contributed by atoms with Crippen molar-refractivity contribution in [3.05, 3.63) is 94.1 Å². The Morgan fingerprint density at radius 1 is 1.04 bits per heavy atom. The van der Waals surface area contributed by atoms with Crippen LogP contribution in [-0.2, 0) is 12.8 Å². The predicted octanol–water partition coefficient (Wildman–Crippen LogP) is 4.71. The van der Waals surface area contributed by atoms with Crippen molar-refractivity contribution in [1.82, 2.24) is 0 Å². The summed E-state index contributed by atoms with van der Waals surface area (Å²) >= 11 is 0. The first kappa shape index (κ1) is 14.7. The molecular formula is C22H20N2. The third-order valence-corrected chi connectivity index (χ3v) is 4.80. The quantitative estimate of drug-likeness (QED) is 0.776. The van der Waals surface area contributed by atoms with E-state index < -0.39 is 0 Å². The lowest BCUT2D eigenvalue weighted by atomic mass is 9.77. The second-order valence-electron chi connectivity index (χ2n) is 6.39.